The molecule has 0 aromatic carbocycles. The van der Waals surface area contributed by atoms with E-state index in [0.717, 1.165) is 24.5 Å². The first kappa shape index (κ1) is 18.2. The Kier molecular flexibility index (Phi) is 6.08. The quantitative estimate of drug-likeness (QED) is 0.633. The van der Waals surface area contributed by atoms with Crippen LogP contribution in [0.3, 0.4) is 0 Å². The first-order valence-corrected chi connectivity index (χ1v) is 12.5. The molecule has 0 radical (unpaired) electrons. The average Bonchev–Trinajstić information content (AvgIpc) is 2.57. The number of morpholine rings is 1. The van der Waals surface area contributed by atoms with Crippen LogP contribution >= 0.6 is 7.41 Å². The van der Waals surface area contributed by atoms with Gasteiger partial charge in [0.25, 0.3) is 0 Å². The second kappa shape index (κ2) is 7.71. The van der Waals surface area contributed by atoms with E-state index < -0.39 is 7.41 Å². The molecule has 3 fully saturated rings. The van der Waals surface area contributed by atoms with Gasteiger partial charge in [-0.15, -0.1) is 0 Å². The molecule has 3 rings (SSSR count). The molecule has 0 unspecified atom stereocenters. The number of hydrogen-bond donors (Lipinski definition) is 0. The fraction of sp³-hybridized carbons (Fsp3) is 1.00. The molecule has 1 heterocycles. The Hall–Kier alpha value is 0.350. The summed E-state index contributed by atoms with van der Waals surface area (Å²) in [5.74, 6) is 0. The van der Waals surface area contributed by atoms with Crippen molar-refractivity contribution in [2.45, 2.75) is 101 Å². The van der Waals surface area contributed by atoms with Gasteiger partial charge in [0.1, 0.15) is 0 Å². The molecule has 136 valence electrons. The van der Waals surface area contributed by atoms with Gasteiger partial charge in [-0.3, -0.25) is 0 Å². The Bertz CT molecular complexity index is 315. The molecule has 2 nitrogen and oxygen atoms in total. The molecule has 3 heteroatoms. The molecule has 0 atom stereocenters. The normalized spacial score (nSPS) is 28.0. The predicted molar refractivity (Wildman–Crippen MR) is 104 cm³/mol. The van der Waals surface area contributed by atoms with Crippen molar-refractivity contribution in [1.29, 1.82) is 0 Å². The molecule has 0 aromatic heterocycles. The van der Waals surface area contributed by atoms with Crippen molar-refractivity contribution < 1.29 is 4.74 Å². The zero-order chi connectivity index (χ0) is 16.3. The SMILES string of the molecule is CC(C)(C)[PH](C1CCCCC1)(C1CCCCC1)N1CCOCC1. The Morgan fingerprint density at radius 2 is 1.17 bits per heavy atom. The average molecular weight is 342 g/mol. The molecule has 0 N–H and O–H groups in total. The van der Waals surface area contributed by atoms with E-state index in [1.807, 2.05) is 0 Å². The van der Waals surface area contributed by atoms with Crippen molar-refractivity contribution in [2.24, 2.45) is 0 Å². The summed E-state index contributed by atoms with van der Waals surface area (Å²) in [6.07, 6.45) is 15.0. The van der Waals surface area contributed by atoms with Crippen molar-refractivity contribution in [1.82, 2.24) is 4.67 Å². The summed E-state index contributed by atoms with van der Waals surface area (Å²) in [5, 5.41) is 0.494. The van der Waals surface area contributed by atoms with E-state index >= 15 is 0 Å². The molecule has 2 aliphatic carbocycles. The summed E-state index contributed by atoms with van der Waals surface area (Å²) in [7, 11) is -1.54. The van der Waals surface area contributed by atoms with E-state index in [1.54, 1.807) is 0 Å². The van der Waals surface area contributed by atoms with Crippen LogP contribution in [-0.2, 0) is 4.74 Å². The third kappa shape index (κ3) is 3.51. The zero-order valence-electron chi connectivity index (χ0n) is 15.9. The minimum absolute atomic E-state index is 0.494. The number of ether oxygens (including phenoxy) is 1. The number of rotatable bonds is 3. The van der Waals surface area contributed by atoms with Crippen molar-refractivity contribution in [2.75, 3.05) is 26.3 Å². The van der Waals surface area contributed by atoms with Crippen molar-refractivity contribution in [3.8, 4) is 0 Å². The summed E-state index contributed by atoms with van der Waals surface area (Å²) in [6, 6.07) is 0. The van der Waals surface area contributed by atoms with Gasteiger partial charge in [0, 0.05) is 0 Å². The number of nitrogens with zero attached hydrogens (tertiary/aromatic N) is 1. The van der Waals surface area contributed by atoms with Gasteiger partial charge in [0.2, 0.25) is 0 Å². The van der Waals surface area contributed by atoms with E-state index in [1.165, 1.54) is 77.3 Å². The zero-order valence-corrected chi connectivity index (χ0v) is 16.9. The van der Waals surface area contributed by atoms with Gasteiger partial charge in [-0.2, -0.15) is 0 Å². The van der Waals surface area contributed by atoms with E-state index in [4.69, 9.17) is 4.74 Å². The molecule has 1 saturated heterocycles. The number of hydrogen-bond acceptors (Lipinski definition) is 2. The van der Waals surface area contributed by atoms with Crippen LogP contribution in [0.15, 0.2) is 0 Å². The Balaban J connectivity index is 1.99. The Morgan fingerprint density at radius 3 is 1.57 bits per heavy atom. The van der Waals surface area contributed by atoms with Gasteiger partial charge in [-0.25, -0.2) is 0 Å². The van der Waals surface area contributed by atoms with Gasteiger partial charge < -0.3 is 0 Å². The van der Waals surface area contributed by atoms with Gasteiger partial charge >= 0.3 is 145 Å². The molecule has 3 aliphatic rings. The third-order valence-corrected chi connectivity index (χ3v) is 14.7. The van der Waals surface area contributed by atoms with Crippen LogP contribution < -0.4 is 0 Å². The maximum absolute atomic E-state index is 5.76. The molecular formula is C20H40NOP. The summed E-state index contributed by atoms with van der Waals surface area (Å²) in [6.45, 7) is 12.2. The van der Waals surface area contributed by atoms with Crippen LogP contribution in [-0.4, -0.2) is 47.4 Å². The Labute approximate surface area is 145 Å². The molecule has 23 heavy (non-hydrogen) atoms. The van der Waals surface area contributed by atoms with E-state index in [2.05, 4.69) is 25.4 Å². The summed E-state index contributed by atoms with van der Waals surface area (Å²) in [4.78, 5) is 0. The molecule has 0 bridgehead atoms. The van der Waals surface area contributed by atoms with Gasteiger partial charge in [-0.05, 0) is 0 Å². The van der Waals surface area contributed by atoms with Crippen molar-refractivity contribution in [3.05, 3.63) is 0 Å². The second-order valence-electron chi connectivity index (χ2n) is 9.34. The summed E-state index contributed by atoms with van der Waals surface area (Å²) in [5.41, 5.74) is 2.08. The molecule has 0 spiro atoms. The van der Waals surface area contributed by atoms with Crippen LogP contribution in [0.25, 0.3) is 0 Å². The van der Waals surface area contributed by atoms with E-state index in [0.29, 0.717) is 5.16 Å². The van der Waals surface area contributed by atoms with Crippen molar-refractivity contribution in [3.63, 3.8) is 0 Å². The van der Waals surface area contributed by atoms with Crippen LogP contribution in [0.1, 0.15) is 85.0 Å². The first-order chi connectivity index (χ1) is 11.1. The molecular weight excluding hydrogens is 301 g/mol. The van der Waals surface area contributed by atoms with Crippen LogP contribution in [0.2, 0.25) is 0 Å². The van der Waals surface area contributed by atoms with Crippen molar-refractivity contribution >= 4 is 7.41 Å². The predicted octanol–water partition coefficient (Wildman–Crippen LogP) is 5.45. The monoisotopic (exact) mass is 341 g/mol. The van der Waals surface area contributed by atoms with Crippen LogP contribution in [0.5, 0.6) is 0 Å². The molecule has 0 aromatic rings. The third-order valence-electron chi connectivity index (χ3n) is 7.19. The van der Waals surface area contributed by atoms with Gasteiger partial charge in [0.15, 0.2) is 0 Å². The minimum atomic E-state index is -1.54. The fourth-order valence-electron chi connectivity index (χ4n) is 6.57. The molecule has 1 aliphatic heterocycles. The van der Waals surface area contributed by atoms with Gasteiger partial charge in [-0.1, -0.05) is 0 Å². The van der Waals surface area contributed by atoms with Crippen LogP contribution in [0.4, 0.5) is 0 Å². The standard InChI is InChI=1S/C20H40NOP/c1-20(2,3)23(18-10-6-4-7-11-18,19-12-8-5-9-13-19)21-14-16-22-17-15-21/h18-19,23H,4-17H2,1-3H3. The van der Waals surface area contributed by atoms with Gasteiger partial charge in [0.05, 0.1) is 0 Å². The van der Waals surface area contributed by atoms with Crippen LogP contribution in [0, 0.1) is 0 Å². The summed E-state index contributed by atoms with van der Waals surface area (Å²) < 4.78 is 8.82. The summed E-state index contributed by atoms with van der Waals surface area (Å²) >= 11 is 0. The Morgan fingerprint density at radius 1 is 0.739 bits per heavy atom. The van der Waals surface area contributed by atoms with E-state index in [-0.39, 0.29) is 0 Å². The fourth-order valence-corrected chi connectivity index (χ4v) is 15.2. The first-order valence-electron chi connectivity index (χ1n) is 10.4. The van der Waals surface area contributed by atoms with E-state index in [9.17, 15) is 0 Å². The topological polar surface area (TPSA) is 12.5 Å². The molecule has 2 saturated carbocycles. The maximum atomic E-state index is 5.76. The second-order valence-corrected chi connectivity index (χ2v) is 14.8. The molecule has 0 amide bonds.